The van der Waals surface area contributed by atoms with Crippen LogP contribution in [-0.4, -0.2) is 35.5 Å². The van der Waals surface area contributed by atoms with Crippen LogP contribution in [0.3, 0.4) is 0 Å². The van der Waals surface area contributed by atoms with Gasteiger partial charge in [-0.05, 0) is 43.4 Å². The topological polar surface area (TPSA) is 54.5 Å². The second-order valence-electron chi connectivity index (χ2n) is 7.44. The van der Waals surface area contributed by atoms with Crippen LogP contribution in [0.15, 0.2) is 29.6 Å². The van der Waals surface area contributed by atoms with Crippen LogP contribution in [0.5, 0.6) is 5.75 Å². The summed E-state index contributed by atoms with van der Waals surface area (Å²) in [6.45, 7) is 5.88. The molecule has 5 nitrogen and oxygen atoms in total. The first kappa shape index (κ1) is 17.5. The minimum Gasteiger partial charge on any atom is -0.492 e. The van der Waals surface area contributed by atoms with Crippen LogP contribution in [0.1, 0.15) is 31.0 Å². The Hall–Kier alpha value is -1.92. The third-order valence-corrected chi connectivity index (χ3v) is 5.96. The quantitative estimate of drug-likeness (QED) is 0.893. The minimum atomic E-state index is -0.166. The molecular formula is C20H25N3O2S. The van der Waals surface area contributed by atoms with Gasteiger partial charge in [0.25, 0.3) is 0 Å². The second kappa shape index (κ2) is 7.76. The molecule has 1 fully saturated rings. The minimum absolute atomic E-state index is 0.00741. The van der Waals surface area contributed by atoms with Gasteiger partial charge in [-0.3, -0.25) is 9.69 Å². The summed E-state index contributed by atoms with van der Waals surface area (Å²) in [6, 6.07) is 7.92. The Morgan fingerprint density at radius 3 is 3.19 bits per heavy atom. The van der Waals surface area contributed by atoms with Crippen LogP contribution < -0.4 is 10.1 Å². The first-order valence-corrected chi connectivity index (χ1v) is 10.2. The van der Waals surface area contributed by atoms with Crippen molar-refractivity contribution in [1.82, 2.24) is 9.88 Å². The first-order chi connectivity index (χ1) is 12.7. The summed E-state index contributed by atoms with van der Waals surface area (Å²) in [5.41, 5.74) is 2.14. The zero-order chi connectivity index (χ0) is 17.9. The maximum Gasteiger partial charge on any atom is 0.233 e. The summed E-state index contributed by atoms with van der Waals surface area (Å²) in [7, 11) is 0. The highest BCUT2D eigenvalue weighted by Crippen LogP contribution is 2.28. The largest absolute Gasteiger partial charge is 0.492 e. The number of hydrogen-bond acceptors (Lipinski definition) is 5. The Bertz CT molecular complexity index is 776. The number of nitrogens with zero attached hydrogens (tertiary/aromatic N) is 2. The van der Waals surface area contributed by atoms with Crippen molar-refractivity contribution in [2.75, 3.05) is 25.0 Å². The van der Waals surface area contributed by atoms with E-state index in [1.807, 2.05) is 24.3 Å². The van der Waals surface area contributed by atoms with Crippen molar-refractivity contribution >= 4 is 22.4 Å². The smallest absolute Gasteiger partial charge is 0.233 e. The lowest BCUT2D eigenvalue weighted by molar-refractivity contribution is -0.121. The van der Waals surface area contributed by atoms with E-state index in [0.29, 0.717) is 18.2 Å². The number of hydrogen-bond donors (Lipinski definition) is 1. The molecule has 0 bridgehead atoms. The summed E-state index contributed by atoms with van der Waals surface area (Å²) in [4.78, 5) is 19.7. The molecule has 26 heavy (non-hydrogen) atoms. The molecule has 0 saturated carbocycles. The van der Waals surface area contributed by atoms with Crippen LogP contribution in [0, 0.1) is 11.8 Å². The lowest BCUT2D eigenvalue weighted by atomic mass is 9.96. The number of fused-ring (bicyclic) bond motifs is 1. The van der Waals surface area contributed by atoms with Gasteiger partial charge < -0.3 is 10.1 Å². The van der Waals surface area contributed by atoms with E-state index in [-0.39, 0.29) is 11.8 Å². The molecule has 0 aliphatic carbocycles. The number of nitrogens with one attached hydrogen (secondary N) is 1. The lowest BCUT2D eigenvalue weighted by Crippen LogP contribution is -2.34. The molecule has 0 radical (unpaired) electrons. The van der Waals surface area contributed by atoms with Gasteiger partial charge in [0, 0.05) is 18.5 Å². The van der Waals surface area contributed by atoms with Crippen molar-refractivity contribution in [1.29, 1.82) is 0 Å². The molecule has 3 heterocycles. The monoisotopic (exact) mass is 371 g/mol. The highest BCUT2D eigenvalue weighted by molar-refractivity contribution is 7.13. The fourth-order valence-corrected chi connectivity index (χ4v) is 4.50. The van der Waals surface area contributed by atoms with Gasteiger partial charge in [-0.1, -0.05) is 25.1 Å². The number of para-hydroxylation sites is 1. The van der Waals surface area contributed by atoms with Gasteiger partial charge in [0.2, 0.25) is 5.91 Å². The fourth-order valence-electron chi connectivity index (χ4n) is 3.80. The van der Waals surface area contributed by atoms with Gasteiger partial charge in [0.15, 0.2) is 5.13 Å². The maximum atomic E-state index is 12.6. The maximum absolute atomic E-state index is 12.6. The second-order valence-corrected chi connectivity index (χ2v) is 8.29. The van der Waals surface area contributed by atoms with Gasteiger partial charge in [-0.15, -0.1) is 11.3 Å². The standard InChI is InChI=1S/C20H25N3O2S/c1-14-5-4-8-23(10-14)11-17-13-26-20(21-17)22-19(24)16-9-15-6-2-3-7-18(15)25-12-16/h2-3,6-7,13-14,16H,4-5,8-12H2,1H3,(H,21,22,24). The third kappa shape index (κ3) is 4.07. The lowest BCUT2D eigenvalue weighted by Gasteiger charge is -2.30. The van der Waals surface area contributed by atoms with E-state index in [4.69, 9.17) is 4.74 Å². The highest BCUT2D eigenvalue weighted by atomic mass is 32.1. The Morgan fingerprint density at radius 2 is 2.31 bits per heavy atom. The molecule has 0 spiro atoms. The van der Waals surface area contributed by atoms with E-state index in [1.54, 1.807) is 0 Å². The summed E-state index contributed by atoms with van der Waals surface area (Å²) in [5, 5.41) is 5.72. The number of ether oxygens (including phenoxy) is 1. The van der Waals surface area contributed by atoms with E-state index < -0.39 is 0 Å². The van der Waals surface area contributed by atoms with Crippen LogP contribution in [0.25, 0.3) is 0 Å². The molecule has 1 N–H and O–H groups in total. The third-order valence-electron chi connectivity index (χ3n) is 5.16. The predicted molar refractivity (Wildman–Crippen MR) is 104 cm³/mol. The Balaban J connectivity index is 1.33. The number of likely N-dealkylation sites (tertiary alicyclic amines) is 1. The molecule has 1 aromatic carbocycles. The van der Waals surface area contributed by atoms with E-state index >= 15 is 0 Å². The molecular weight excluding hydrogens is 346 g/mol. The molecule has 1 saturated heterocycles. The summed E-state index contributed by atoms with van der Waals surface area (Å²) >= 11 is 1.51. The molecule has 2 unspecified atom stereocenters. The number of amides is 1. The Labute approximate surface area is 158 Å². The molecule has 2 atom stereocenters. The summed E-state index contributed by atoms with van der Waals surface area (Å²) in [6.07, 6.45) is 3.30. The summed E-state index contributed by atoms with van der Waals surface area (Å²) in [5.74, 6) is 1.48. The van der Waals surface area contributed by atoms with Gasteiger partial charge in [0.05, 0.1) is 11.6 Å². The normalized spacial score (nSPS) is 23.1. The SMILES string of the molecule is CC1CCCN(Cc2csc(NC(=O)C3COc4ccccc4C3)n2)C1. The number of aromatic nitrogens is 1. The van der Waals surface area contributed by atoms with E-state index in [2.05, 4.69) is 27.5 Å². The fraction of sp³-hybridized carbons (Fsp3) is 0.500. The van der Waals surface area contributed by atoms with E-state index in [9.17, 15) is 4.79 Å². The van der Waals surface area contributed by atoms with Crippen molar-refractivity contribution in [3.63, 3.8) is 0 Å². The van der Waals surface area contributed by atoms with Crippen LogP contribution in [-0.2, 0) is 17.8 Å². The molecule has 1 amide bonds. The Morgan fingerprint density at radius 1 is 1.42 bits per heavy atom. The van der Waals surface area contributed by atoms with Crippen molar-refractivity contribution in [2.24, 2.45) is 11.8 Å². The van der Waals surface area contributed by atoms with E-state index in [0.717, 1.165) is 42.6 Å². The van der Waals surface area contributed by atoms with Crippen LogP contribution in [0.4, 0.5) is 5.13 Å². The number of carbonyl (C=O) groups is 1. The number of rotatable bonds is 4. The molecule has 1 aromatic heterocycles. The molecule has 2 aromatic rings. The van der Waals surface area contributed by atoms with Crippen molar-refractivity contribution in [2.45, 2.75) is 32.7 Å². The highest BCUT2D eigenvalue weighted by Gasteiger charge is 2.26. The number of anilines is 1. The predicted octanol–water partition coefficient (Wildman–Crippen LogP) is 3.56. The molecule has 138 valence electrons. The molecule has 2 aliphatic heterocycles. The van der Waals surface area contributed by atoms with E-state index in [1.165, 1.54) is 24.2 Å². The zero-order valence-electron chi connectivity index (χ0n) is 15.1. The van der Waals surface area contributed by atoms with Crippen molar-refractivity contribution in [3.8, 4) is 5.75 Å². The zero-order valence-corrected chi connectivity index (χ0v) is 15.9. The van der Waals surface area contributed by atoms with Crippen LogP contribution >= 0.6 is 11.3 Å². The molecule has 2 aliphatic rings. The van der Waals surface area contributed by atoms with Gasteiger partial charge in [-0.25, -0.2) is 4.98 Å². The van der Waals surface area contributed by atoms with Gasteiger partial charge in [-0.2, -0.15) is 0 Å². The Kier molecular flexibility index (Phi) is 5.22. The summed E-state index contributed by atoms with van der Waals surface area (Å²) < 4.78 is 5.73. The average Bonchev–Trinajstić information content (AvgIpc) is 3.08. The number of thiazole rings is 1. The number of piperidine rings is 1. The number of carbonyl (C=O) groups excluding carboxylic acids is 1. The molecule has 4 rings (SSSR count). The molecule has 6 heteroatoms. The number of benzene rings is 1. The average molecular weight is 372 g/mol. The van der Waals surface area contributed by atoms with Crippen molar-refractivity contribution < 1.29 is 9.53 Å². The van der Waals surface area contributed by atoms with Crippen LogP contribution in [0.2, 0.25) is 0 Å². The van der Waals surface area contributed by atoms with Gasteiger partial charge >= 0.3 is 0 Å². The van der Waals surface area contributed by atoms with Gasteiger partial charge in [0.1, 0.15) is 12.4 Å². The first-order valence-electron chi connectivity index (χ1n) is 9.35. The van der Waals surface area contributed by atoms with Crippen molar-refractivity contribution in [3.05, 3.63) is 40.9 Å².